The van der Waals surface area contributed by atoms with Gasteiger partial charge < -0.3 is 0 Å². The molecule has 0 N–H and O–H groups in total. The first kappa shape index (κ1) is 15.0. The average Bonchev–Trinajstić information content (AvgIpc) is 2.67. The van der Waals surface area contributed by atoms with Crippen molar-refractivity contribution in [3.63, 3.8) is 0 Å². The van der Waals surface area contributed by atoms with Crippen LogP contribution < -0.4 is 0 Å². The smallest absolute Gasteiger partial charge is 0.288 e. The van der Waals surface area contributed by atoms with Gasteiger partial charge in [0.25, 0.3) is 0 Å². The van der Waals surface area contributed by atoms with E-state index in [0.29, 0.717) is 16.0 Å². The third kappa shape index (κ3) is 2.71. The van der Waals surface area contributed by atoms with Gasteiger partial charge in [-0.3, -0.25) is 4.79 Å². The van der Waals surface area contributed by atoms with Crippen molar-refractivity contribution in [3.05, 3.63) is 56.0 Å². The predicted octanol–water partition coefficient (Wildman–Crippen LogP) is 5.10. The van der Waals surface area contributed by atoms with Crippen LogP contribution in [0, 0.1) is 12.7 Å². The molecule has 0 saturated carbocycles. The van der Waals surface area contributed by atoms with Crippen molar-refractivity contribution in [3.8, 4) is 0 Å². The Labute approximate surface area is 120 Å². The summed E-state index contributed by atoms with van der Waals surface area (Å²) in [6, 6.07) is 4.05. The summed E-state index contributed by atoms with van der Waals surface area (Å²) in [5.74, 6) is -2.37. The summed E-state index contributed by atoms with van der Waals surface area (Å²) < 4.78 is 52.0. The lowest BCUT2D eigenvalue weighted by atomic mass is 10.0. The fourth-order valence-electron chi connectivity index (χ4n) is 1.63. The van der Waals surface area contributed by atoms with Gasteiger partial charge in [-0.05, 0) is 30.7 Å². The van der Waals surface area contributed by atoms with Gasteiger partial charge in [-0.2, -0.15) is 13.2 Å². The third-order valence-electron chi connectivity index (χ3n) is 2.63. The zero-order valence-corrected chi connectivity index (χ0v) is 11.6. The maximum absolute atomic E-state index is 13.8. The molecule has 0 bridgehead atoms. The van der Waals surface area contributed by atoms with E-state index in [4.69, 9.17) is 11.6 Å². The average molecular weight is 323 g/mol. The molecule has 106 valence electrons. The second kappa shape index (κ2) is 5.18. The summed E-state index contributed by atoms with van der Waals surface area (Å²) in [7, 11) is 0. The molecule has 0 amide bonds. The van der Waals surface area contributed by atoms with Gasteiger partial charge in [0.05, 0.1) is 20.3 Å². The second-order valence-corrected chi connectivity index (χ2v) is 5.72. The highest BCUT2D eigenvalue weighted by molar-refractivity contribution is 7.18. The van der Waals surface area contributed by atoms with Crippen molar-refractivity contribution in [2.45, 2.75) is 13.1 Å². The number of carbonyl (C=O) groups is 1. The molecular weight excluding hydrogens is 316 g/mol. The van der Waals surface area contributed by atoms with Gasteiger partial charge in [0.1, 0.15) is 5.82 Å². The Morgan fingerprint density at radius 2 is 1.95 bits per heavy atom. The summed E-state index contributed by atoms with van der Waals surface area (Å²) in [5.41, 5.74) is -1.45. The number of hydrogen-bond donors (Lipinski definition) is 0. The van der Waals surface area contributed by atoms with E-state index in [9.17, 15) is 22.4 Å². The molecule has 2 rings (SSSR count). The summed E-state index contributed by atoms with van der Waals surface area (Å²) >= 11 is 6.70. The molecular formula is C13H7ClF4OS. The minimum absolute atomic E-state index is 0.103. The first-order chi connectivity index (χ1) is 9.21. The van der Waals surface area contributed by atoms with Gasteiger partial charge in [-0.1, -0.05) is 17.7 Å². The summed E-state index contributed by atoms with van der Waals surface area (Å²) in [4.78, 5) is 12.2. The molecule has 0 aliphatic carbocycles. The Morgan fingerprint density at radius 3 is 2.45 bits per heavy atom. The lowest BCUT2D eigenvalue weighted by molar-refractivity contribution is -0.140. The van der Waals surface area contributed by atoms with Crippen LogP contribution in [0.15, 0.2) is 24.3 Å². The Balaban J connectivity index is 2.51. The molecule has 1 nitrogen and oxygen atoms in total. The first-order valence-electron chi connectivity index (χ1n) is 5.38. The van der Waals surface area contributed by atoms with Crippen molar-refractivity contribution in [1.82, 2.24) is 0 Å². The number of thiophene rings is 1. The van der Waals surface area contributed by atoms with Crippen LogP contribution in [0.1, 0.15) is 26.4 Å². The van der Waals surface area contributed by atoms with Crippen molar-refractivity contribution in [2.75, 3.05) is 0 Å². The molecule has 0 aliphatic heterocycles. The quantitative estimate of drug-likeness (QED) is 0.555. The topological polar surface area (TPSA) is 17.1 Å². The minimum atomic E-state index is -4.84. The van der Waals surface area contributed by atoms with Crippen LogP contribution in [0.3, 0.4) is 0 Å². The molecule has 1 aromatic carbocycles. The van der Waals surface area contributed by atoms with Crippen molar-refractivity contribution >= 4 is 28.7 Å². The van der Waals surface area contributed by atoms with E-state index >= 15 is 0 Å². The Hall–Kier alpha value is -1.40. The fraction of sp³-hybridized carbons (Fsp3) is 0.154. The predicted molar refractivity (Wildman–Crippen MR) is 68.9 cm³/mol. The van der Waals surface area contributed by atoms with Crippen LogP contribution in [0.4, 0.5) is 17.6 Å². The highest BCUT2D eigenvalue weighted by Crippen LogP contribution is 2.34. The standard InChI is InChI=1S/C13H7ClF4OS/c1-6-5-9(20-12(6)14)11(19)7-3-2-4-8(10(7)15)13(16,17)18/h2-5H,1H3. The number of ketones is 1. The summed E-state index contributed by atoms with van der Waals surface area (Å²) in [5, 5.41) is 0. The monoisotopic (exact) mass is 322 g/mol. The zero-order chi connectivity index (χ0) is 15.1. The molecule has 0 saturated heterocycles. The van der Waals surface area contributed by atoms with Crippen molar-refractivity contribution in [2.24, 2.45) is 0 Å². The van der Waals surface area contributed by atoms with Crippen LogP contribution in [-0.2, 0) is 6.18 Å². The second-order valence-electron chi connectivity index (χ2n) is 4.06. The molecule has 0 fully saturated rings. The van der Waals surface area contributed by atoms with Gasteiger partial charge in [-0.15, -0.1) is 11.3 Å². The van der Waals surface area contributed by atoms with Crippen LogP contribution >= 0.6 is 22.9 Å². The molecule has 0 spiro atoms. The molecule has 20 heavy (non-hydrogen) atoms. The SMILES string of the molecule is Cc1cc(C(=O)c2cccc(C(F)(F)F)c2F)sc1Cl. The maximum atomic E-state index is 13.8. The molecule has 0 atom stereocenters. The molecule has 0 aliphatic rings. The third-order valence-corrected chi connectivity index (χ3v) is 4.18. The van der Waals surface area contributed by atoms with E-state index in [1.54, 1.807) is 6.92 Å². The fourth-order valence-corrected chi connectivity index (χ4v) is 2.79. The van der Waals surface area contributed by atoms with Gasteiger partial charge in [0.15, 0.2) is 0 Å². The van der Waals surface area contributed by atoms with E-state index in [0.717, 1.165) is 23.5 Å². The van der Waals surface area contributed by atoms with Gasteiger partial charge in [-0.25, -0.2) is 4.39 Å². The van der Waals surface area contributed by atoms with Crippen LogP contribution in [0.5, 0.6) is 0 Å². The maximum Gasteiger partial charge on any atom is 0.419 e. The molecule has 1 aromatic heterocycles. The number of hydrogen-bond acceptors (Lipinski definition) is 2. The van der Waals surface area contributed by atoms with Crippen LogP contribution in [-0.4, -0.2) is 5.78 Å². The molecule has 0 radical (unpaired) electrons. The van der Waals surface area contributed by atoms with E-state index < -0.39 is 28.9 Å². The van der Waals surface area contributed by atoms with Crippen molar-refractivity contribution < 1.29 is 22.4 Å². The van der Waals surface area contributed by atoms with E-state index in [1.165, 1.54) is 6.07 Å². The van der Waals surface area contributed by atoms with Crippen molar-refractivity contribution in [1.29, 1.82) is 0 Å². The number of alkyl halides is 3. The highest BCUT2D eigenvalue weighted by Gasteiger charge is 2.35. The normalized spacial score (nSPS) is 11.7. The summed E-state index contributed by atoms with van der Waals surface area (Å²) in [6.45, 7) is 1.65. The minimum Gasteiger partial charge on any atom is -0.288 e. The lowest BCUT2D eigenvalue weighted by Gasteiger charge is -2.09. The Kier molecular flexibility index (Phi) is 3.88. The lowest BCUT2D eigenvalue weighted by Crippen LogP contribution is -2.12. The molecule has 7 heteroatoms. The van der Waals surface area contributed by atoms with Crippen LogP contribution in [0.2, 0.25) is 4.34 Å². The largest absolute Gasteiger partial charge is 0.419 e. The van der Waals surface area contributed by atoms with Gasteiger partial charge in [0, 0.05) is 0 Å². The highest BCUT2D eigenvalue weighted by atomic mass is 35.5. The zero-order valence-electron chi connectivity index (χ0n) is 10.0. The molecule has 0 unspecified atom stereocenters. The number of benzene rings is 1. The number of halogens is 5. The molecule has 1 heterocycles. The number of rotatable bonds is 2. The van der Waals surface area contributed by atoms with E-state index in [-0.39, 0.29) is 4.88 Å². The first-order valence-corrected chi connectivity index (χ1v) is 6.57. The Morgan fingerprint density at radius 1 is 1.30 bits per heavy atom. The van der Waals surface area contributed by atoms with Gasteiger partial charge in [0.2, 0.25) is 5.78 Å². The van der Waals surface area contributed by atoms with Crippen LogP contribution in [0.25, 0.3) is 0 Å². The molecule has 2 aromatic rings. The van der Waals surface area contributed by atoms with Gasteiger partial charge >= 0.3 is 6.18 Å². The summed E-state index contributed by atoms with van der Waals surface area (Å²) in [6.07, 6.45) is -4.84. The number of aryl methyl sites for hydroxylation is 1. The van der Waals surface area contributed by atoms with E-state index in [2.05, 4.69) is 0 Å². The Bertz CT molecular complexity index is 656. The number of carbonyl (C=O) groups excluding carboxylic acids is 1. The van der Waals surface area contributed by atoms with E-state index in [1.807, 2.05) is 0 Å².